The number of carbonyl (C=O) groups is 2. The van der Waals surface area contributed by atoms with Gasteiger partial charge in [-0.25, -0.2) is 0 Å². The van der Waals surface area contributed by atoms with Gasteiger partial charge in [0, 0.05) is 0 Å². The second-order valence-corrected chi connectivity index (χ2v) is 5.04. The van der Waals surface area contributed by atoms with Crippen molar-refractivity contribution in [2.45, 2.75) is 19.2 Å². The summed E-state index contributed by atoms with van der Waals surface area (Å²) in [5.74, 6) is -1.51. The number of carbonyl (C=O) groups excluding carboxylic acids is 2. The Labute approximate surface area is 106 Å². The summed E-state index contributed by atoms with van der Waals surface area (Å²) < 4.78 is 30.2. The molecule has 0 saturated heterocycles. The van der Waals surface area contributed by atoms with E-state index in [9.17, 15) is 18.0 Å². The summed E-state index contributed by atoms with van der Waals surface area (Å²) in [7, 11) is -4.25. The molecule has 0 aliphatic carbocycles. The fourth-order valence-electron chi connectivity index (χ4n) is 0.784. The van der Waals surface area contributed by atoms with E-state index in [1.165, 1.54) is 0 Å². The second-order valence-electron chi connectivity index (χ2n) is 3.50. The third-order valence-electron chi connectivity index (χ3n) is 1.60. The van der Waals surface area contributed by atoms with Crippen molar-refractivity contribution in [3.8, 4) is 0 Å². The number of nitrogens with one attached hydrogen (secondary N) is 1. The van der Waals surface area contributed by atoms with Crippen LogP contribution in [-0.4, -0.2) is 30.2 Å². The van der Waals surface area contributed by atoms with Crippen molar-refractivity contribution in [1.82, 2.24) is 5.32 Å². The first kappa shape index (κ1) is 18.7. The molecule has 0 fully saturated rings. The number of hydrogen-bond acceptors (Lipinski definition) is 4. The highest BCUT2D eigenvalue weighted by Gasteiger charge is 2.27. The van der Waals surface area contributed by atoms with Crippen LogP contribution < -0.4 is 11.1 Å². The highest BCUT2D eigenvalue weighted by molar-refractivity contribution is 7.86. The minimum Gasteiger partial charge on any atom is -0.366 e. The molecule has 18 heavy (non-hydrogen) atoms. The van der Waals surface area contributed by atoms with Gasteiger partial charge in [-0.1, -0.05) is 27.0 Å². The third kappa shape index (κ3) is 9.55. The molecule has 0 heterocycles. The molecule has 0 rings (SSSR count). The largest absolute Gasteiger partial charge is 0.366 e. The molecule has 1 unspecified atom stereocenters. The first-order valence-corrected chi connectivity index (χ1v) is 6.37. The number of nitrogens with two attached hydrogens (primary N) is 1. The molecule has 1 atom stereocenters. The van der Waals surface area contributed by atoms with E-state index in [1.807, 2.05) is 0 Å². The van der Waals surface area contributed by atoms with Crippen LogP contribution in [0.5, 0.6) is 0 Å². The van der Waals surface area contributed by atoms with Gasteiger partial charge in [0.1, 0.15) is 0 Å². The molecule has 0 aromatic rings. The summed E-state index contributed by atoms with van der Waals surface area (Å²) in [5, 5.41) is 0.831. The molecule has 0 aliphatic heterocycles. The highest BCUT2D eigenvalue weighted by Crippen LogP contribution is 2.07. The summed E-state index contributed by atoms with van der Waals surface area (Å²) in [5.41, 5.74) is 4.53. The Morgan fingerprint density at radius 2 is 1.67 bits per heavy atom. The van der Waals surface area contributed by atoms with E-state index in [-0.39, 0.29) is 0 Å². The van der Waals surface area contributed by atoms with Crippen LogP contribution in [0.25, 0.3) is 0 Å². The predicted octanol–water partition coefficient (Wildman–Crippen LogP) is -0.184. The van der Waals surface area contributed by atoms with Gasteiger partial charge in [0.25, 0.3) is 10.1 Å². The monoisotopic (exact) mass is 278 g/mol. The first-order chi connectivity index (χ1) is 8.06. The summed E-state index contributed by atoms with van der Waals surface area (Å²) in [6, 6.07) is 0. The molecular formula is C10H18N2O5S. The molecule has 0 aliphatic rings. The first-order valence-electron chi connectivity index (χ1n) is 4.87. The zero-order valence-corrected chi connectivity index (χ0v) is 11.1. The van der Waals surface area contributed by atoms with Crippen LogP contribution in [0.4, 0.5) is 0 Å². The second kappa shape index (κ2) is 8.43. The Hall–Kier alpha value is -1.67. The number of primary amides is 1. The summed E-state index contributed by atoms with van der Waals surface area (Å²) in [6.07, 6.45) is 2.00. The van der Waals surface area contributed by atoms with Crippen LogP contribution in [0.1, 0.15) is 13.8 Å². The van der Waals surface area contributed by atoms with E-state index in [0.717, 1.165) is 12.2 Å². The Morgan fingerprint density at radius 1 is 1.28 bits per heavy atom. The van der Waals surface area contributed by atoms with E-state index in [0.29, 0.717) is 0 Å². The van der Waals surface area contributed by atoms with Crippen LogP contribution in [-0.2, 0) is 19.7 Å². The molecule has 0 saturated carbocycles. The Morgan fingerprint density at radius 3 is 1.83 bits per heavy atom. The fourth-order valence-corrected chi connectivity index (χ4v) is 1.74. The maximum Gasteiger partial charge on any atom is 0.286 e. The lowest BCUT2D eigenvalue weighted by Gasteiger charge is -2.17. The lowest BCUT2D eigenvalue weighted by Crippen LogP contribution is -2.43. The number of rotatable bonds is 5. The molecule has 0 aromatic carbocycles. The molecular weight excluding hydrogens is 260 g/mol. The summed E-state index contributed by atoms with van der Waals surface area (Å²) >= 11 is 0. The molecule has 0 radical (unpaired) electrons. The van der Waals surface area contributed by atoms with E-state index < -0.39 is 33.2 Å². The molecule has 104 valence electrons. The smallest absolute Gasteiger partial charge is 0.286 e. The molecule has 0 spiro atoms. The minimum absolute atomic E-state index is 0.404. The average Bonchev–Trinajstić information content (AvgIpc) is 2.24. The van der Waals surface area contributed by atoms with Crippen LogP contribution in [0.2, 0.25) is 0 Å². The molecule has 8 heteroatoms. The summed E-state index contributed by atoms with van der Waals surface area (Å²) in [6.45, 7) is 9.39. The van der Waals surface area contributed by atoms with Gasteiger partial charge in [0.05, 0.1) is 0 Å². The van der Waals surface area contributed by atoms with Crippen molar-refractivity contribution < 1.29 is 22.6 Å². The van der Waals surface area contributed by atoms with E-state index in [4.69, 9.17) is 4.55 Å². The highest BCUT2D eigenvalue weighted by atomic mass is 32.2. The van der Waals surface area contributed by atoms with Crippen LogP contribution in [0.15, 0.2) is 25.3 Å². The van der Waals surface area contributed by atoms with Gasteiger partial charge in [-0.2, -0.15) is 8.42 Å². The van der Waals surface area contributed by atoms with Crippen molar-refractivity contribution in [3.63, 3.8) is 0 Å². The topological polar surface area (TPSA) is 127 Å². The van der Waals surface area contributed by atoms with Crippen molar-refractivity contribution in [2.24, 2.45) is 11.7 Å². The standard InChI is InChI=1S/C7H13NO4S.C3H5NO/c1-4-6(9)8-7(5(2)3)13(10,11)12;1-2-3(4)5/h4-5,7H,1H2,2-3H3,(H,8,9)(H,10,11,12);2H,1H2,(H2,4,5). The van der Waals surface area contributed by atoms with Gasteiger partial charge in [0.15, 0.2) is 5.37 Å². The van der Waals surface area contributed by atoms with Crippen molar-refractivity contribution in [1.29, 1.82) is 0 Å². The average molecular weight is 278 g/mol. The number of amides is 2. The van der Waals surface area contributed by atoms with Crippen LogP contribution in [0, 0.1) is 5.92 Å². The lowest BCUT2D eigenvalue weighted by atomic mass is 10.2. The minimum atomic E-state index is -4.25. The van der Waals surface area contributed by atoms with Crippen LogP contribution >= 0.6 is 0 Å². The Balaban J connectivity index is 0. The SMILES string of the molecule is C=CC(=O)NC(C(C)C)S(=O)(=O)O.C=CC(N)=O. The molecule has 2 amide bonds. The van der Waals surface area contributed by atoms with E-state index >= 15 is 0 Å². The molecule has 0 bridgehead atoms. The Kier molecular flexibility index (Phi) is 8.75. The van der Waals surface area contributed by atoms with Crippen molar-refractivity contribution >= 4 is 21.9 Å². The fraction of sp³-hybridized carbons (Fsp3) is 0.400. The lowest BCUT2D eigenvalue weighted by molar-refractivity contribution is -0.117. The van der Waals surface area contributed by atoms with E-state index in [2.05, 4.69) is 24.2 Å². The quantitative estimate of drug-likeness (QED) is 0.475. The molecule has 7 nitrogen and oxygen atoms in total. The zero-order chi connectivity index (χ0) is 14.9. The van der Waals surface area contributed by atoms with Crippen molar-refractivity contribution in [3.05, 3.63) is 25.3 Å². The van der Waals surface area contributed by atoms with E-state index in [1.54, 1.807) is 13.8 Å². The van der Waals surface area contributed by atoms with Crippen molar-refractivity contribution in [2.75, 3.05) is 0 Å². The zero-order valence-electron chi connectivity index (χ0n) is 10.3. The molecule has 0 aromatic heterocycles. The van der Waals surface area contributed by atoms with Gasteiger partial charge >= 0.3 is 0 Å². The maximum atomic E-state index is 10.8. The predicted molar refractivity (Wildman–Crippen MR) is 67.9 cm³/mol. The third-order valence-corrected chi connectivity index (χ3v) is 2.90. The Bertz CT molecular complexity index is 414. The van der Waals surface area contributed by atoms with Gasteiger partial charge in [-0.05, 0) is 18.1 Å². The summed E-state index contributed by atoms with van der Waals surface area (Å²) in [4.78, 5) is 20.2. The van der Waals surface area contributed by atoms with Gasteiger partial charge < -0.3 is 11.1 Å². The van der Waals surface area contributed by atoms with Crippen LogP contribution in [0.3, 0.4) is 0 Å². The van der Waals surface area contributed by atoms with Gasteiger partial charge in [-0.15, -0.1) is 0 Å². The molecule has 4 N–H and O–H groups in total. The maximum absolute atomic E-state index is 10.8. The van der Waals surface area contributed by atoms with Gasteiger partial charge in [0.2, 0.25) is 11.8 Å². The number of hydrogen-bond donors (Lipinski definition) is 3. The van der Waals surface area contributed by atoms with Gasteiger partial charge in [-0.3, -0.25) is 14.1 Å². The normalized spacial score (nSPS) is 11.8.